The summed E-state index contributed by atoms with van der Waals surface area (Å²) in [6.07, 6.45) is 1.80. The van der Waals surface area contributed by atoms with Gasteiger partial charge in [-0.3, -0.25) is 0 Å². The van der Waals surface area contributed by atoms with Crippen LogP contribution in [0, 0.1) is 6.92 Å². The van der Waals surface area contributed by atoms with E-state index in [0.717, 1.165) is 36.9 Å². The molecule has 0 radical (unpaired) electrons. The van der Waals surface area contributed by atoms with Gasteiger partial charge in [-0.25, -0.2) is 9.97 Å². The first-order valence-electron chi connectivity index (χ1n) is 5.94. The highest BCUT2D eigenvalue weighted by molar-refractivity contribution is 6.17. The Morgan fingerprint density at radius 2 is 2.18 bits per heavy atom. The zero-order valence-corrected chi connectivity index (χ0v) is 11.5. The van der Waals surface area contributed by atoms with E-state index in [9.17, 15) is 0 Å². The molecule has 0 aliphatic heterocycles. The second-order valence-electron chi connectivity index (χ2n) is 3.69. The number of ether oxygens (including phenoxy) is 1. The maximum absolute atomic E-state index is 5.79. The van der Waals surface area contributed by atoms with Gasteiger partial charge in [-0.2, -0.15) is 0 Å². The molecular weight excluding hydrogens is 238 g/mol. The van der Waals surface area contributed by atoms with Gasteiger partial charge in [0.1, 0.15) is 0 Å². The van der Waals surface area contributed by atoms with Crippen LogP contribution in [0.15, 0.2) is 6.20 Å². The average Bonchev–Trinajstić information content (AvgIpc) is 2.35. The summed E-state index contributed by atoms with van der Waals surface area (Å²) >= 11 is 5.79. The predicted molar refractivity (Wildman–Crippen MR) is 70.7 cm³/mol. The lowest BCUT2D eigenvalue weighted by Gasteiger charge is -2.21. The molecule has 0 atom stereocenters. The normalized spacial score (nSPS) is 10.6. The fraction of sp³-hybridized carbons (Fsp3) is 0.667. The maximum atomic E-state index is 5.79. The van der Waals surface area contributed by atoms with Crippen LogP contribution < -0.4 is 4.90 Å². The van der Waals surface area contributed by atoms with Crippen LogP contribution in [0.4, 0.5) is 5.95 Å². The molecule has 17 heavy (non-hydrogen) atoms. The molecule has 0 aliphatic carbocycles. The number of aryl methyl sites for hydroxylation is 1. The van der Waals surface area contributed by atoms with Gasteiger partial charge in [-0.1, -0.05) is 0 Å². The van der Waals surface area contributed by atoms with Gasteiger partial charge in [-0.05, 0) is 20.8 Å². The van der Waals surface area contributed by atoms with Crippen molar-refractivity contribution in [3.63, 3.8) is 0 Å². The van der Waals surface area contributed by atoms with E-state index >= 15 is 0 Å². The summed E-state index contributed by atoms with van der Waals surface area (Å²) in [5.41, 5.74) is 1.93. The largest absolute Gasteiger partial charge is 0.380 e. The van der Waals surface area contributed by atoms with Crippen molar-refractivity contribution < 1.29 is 4.74 Å². The first-order chi connectivity index (χ1) is 8.22. The number of hydrogen-bond acceptors (Lipinski definition) is 4. The molecule has 0 bridgehead atoms. The molecule has 1 heterocycles. The third-order valence-corrected chi connectivity index (χ3v) is 2.87. The SMILES string of the molecule is CCOCCN(CC)c1ncc(CCl)c(C)n1. The van der Waals surface area contributed by atoms with Crippen LogP contribution in [0.5, 0.6) is 0 Å². The van der Waals surface area contributed by atoms with Crippen LogP contribution in [0.25, 0.3) is 0 Å². The minimum Gasteiger partial charge on any atom is -0.380 e. The van der Waals surface area contributed by atoms with Crippen LogP contribution in [0.1, 0.15) is 25.1 Å². The number of likely N-dealkylation sites (N-methyl/N-ethyl adjacent to an activating group) is 1. The molecule has 0 saturated heterocycles. The molecule has 1 aromatic heterocycles. The maximum Gasteiger partial charge on any atom is 0.225 e. The van der Waals surface area contributed by atoms with Crippen molar-refractivity contribution in [3.8, 4) is 0 Å². The standard InChI is InChI=1S/C12H20ClN3O/c1-4-16(6-7-17-5-2)12-14-9-11(8-13)10(3)15-12/h9H,4-8H2,1-3H3. The van der Waals surface area contributed by atoms with E-state index in [1.807, 2.05) is 13.8 Å². The van der Waals surface area contributed by atoms with Gasteiger partial charge in [0.25, 0.3) is 0 Å². The molecule has 1 rings (SSSR count). The molecule has 0 spiro atoms. The molecule has 1 aromatic rings. The van der Waals surface area contributed by atoms with Crippen molar-refractivity contribution in [2.24, 2.45) is 0 Å². The highest BCUT2D eigenvalue weighted by Crippen LogP contribution is 2.12. The molecule has 0 amide bonds. The lowest BCUT2D eigenvalue weighted by Crippen LogP contribution is -2.29. The third-order valence-electron chi connectivity index (χ3n) is 2.59. The first-order valence-corrected chi connectivity index (χ1v) is 6.47. The van der Waals surface area contributed by atoms with Crippen molar-refractivity contribution in [1.82, 2.24) is 9.97 Å². The summed E-state index contributed by atoms with van der Waals surface area (Å²) in [5, 5.41) is 0. The number of nitrogens with zero attached hydrogens (tertiary/aromatic N) is 3. The van der Waals surface area contributed by atoms with E-state index in [1.165, 1.54) is 0 Å². The molecular formula is C12H20ClN3O. The minimum atomic E-state index is 0.456. The van der Waals surface area contributed by atoms with E-state index in [0.29, 0.717) is 12.5 Å². The summed E-state index contributed by atoms with van der Waals surface area (Å²) < 4.78 is 5.34. The van der Waals surface area contributed by atoms with Gasteiger partial charge in [0.2, 0.25) is 5.95 Å². The van der Waals surface area contributed by atoms with Crippen LogP contribution in [-0.4, -0.2) is 36.3 Å². The van der Waals surface area contributed by atoms with Gasteiger partial charge < -0.3 is 9.64 Å². The number of halogens is 1. The lowest BCUT2D eigenvalue weighted by atomic mass is 10.3. The van der Waals surface area contributed by atoms with Gasteiger partial charge in [0.05, 0.1) is 12.5 Å². The van der Waals surface area contributed by atoms with E-state index in [4.69, 9.17) is 16.3 Å². The Kier molecular flexibility index (Phi) is 6.22. The fourth-order valence-electron chi connectivity index (χ4n) is 1.48. The van der Waals surface area contributed by atoms with Crippen molar-refractivity contribution in [2.45, 2.75) is 26.7 Å². The fourth-order valence-corrected chi connectivity index (χ4v) is 1.74. The Labute approximate surface area is 108 Å². The van der Waals surface area contributed by atoms with Gasteiger partial charge in [-0.15, -0.1) is 11.6 Å². The molecule has 0 aliphatic rings. The van der Waals surface area contributed by atoms with E-state index in [-0.39, 0.29) is 0 Å². The number of alkyl halides is 1. The quantitative estimate of drug-likeness (QED) is 0.555. The summed E-state index contributed by atoms with van der Waals surface area (Å²) in [6.45, 7) is 9.15. The monoisotopic (exact) mass is 257 g/mol. The van der Waals surface area contributed by atoms with Crippen molar-refractivity contribution >= 4 is 17.5 Å². The predicted octanol–water partition coefficient (Wildman–Crippen LogP) is 2.39. The Balaban J connectivity index is 2.71. The molecule has 0 saturated carbocycles. The summed E-state index contributed by atoms with van der Waals surface area (Å²) in [7, 11) is 0. The molecule has 0 unspecified atom stereocenters. The molecule has 5 heteroatoms. The summed E-state index contributed by atoms with van der Waals surface area (Å²) in [5.74, 6) is 1.20. The number of hydrogen-bond donors (Lipinski definition) is 0. The highest BCUT2D eigenvalue weighted by atomic mass is 35.5. The van der Waals surface area contributed by atoms with Crippen LogP contribution in [-0.2, 0) is 10.6 Å². The minimum absolute atomic E-state index is 0.456. The topological polar surface area (TPSA) is 38.2 Å². The molecule has 0 aromatic carbocycles. The highest BCUT2D eigenvalue weighted by Gasteiger charge is 2.09. The second kappa shape index (κ2) is 7.45. The zero-order valence-electron chi connectivity index (χ0n) is 10.7. The Hall–Kier alpha value is -0.870. The van der Waals surface area contributed by atoms with Crippen molar-refractivity contribution in [1.29, 1.82) is 0 Å². The van der Waals surface area contributed by atoms with Crippen LogP contribution in [0.2, 0.25) is 0 Å². The smallest absolute Gasteiger partial charge is 0.225 e. The van der Waals surface area contributed by atoms with Gasteiger partial charge in [0.15, 0.2) is 0 Å². The number of anilines is 1. The lowest BCUT2D eigenvalue weighted by molar-refractivity contribution is 0.153. The van der Waals surface area contributed by atoms with Gasteiger partial charge >= 0.3 is 0 Å². The van der Waals surface area contributed by atoms with Crippen molar-refractivity contribution in [3.05, 3.63) is 17.5 Å². The van der Waals surface area contributed by atoms with E-state index < -0.39 is 0 Å². The first kappa shape index (κ1) is 14.2. The Bertz CT molecular complexity index is 347. The van der Waals surface area contributed by atoms with Gasteiger partial charge in [0, 0.05) is 37.2 Å². The zero-order chi connectivity index (χ0) is 12.7. The molecule has 0 fully saturated rings. The van der Waals surface area contributed by atoms with Crippen LogP contribution >= 0.6 is 11.6 Å². The molecule has 4 nitrogen and oxygen atoms in total. The van der Waals surface area contributed by atoms with E-state index in [2.05, 4.69) is 21.8 Å². The molecule has 0 N–H and O–H groups in total. The summed E-state index contributed by atoms with van der Waals surface area (Å²) in [4.78, 5) is 10.9. The van der Waals surface area contributed by atoms with Crippen molar-refractivity contribution in [2.75, 3.05) is 31.2 Å². The second-order valence-corrected chi connectivity index (χ2v) is 3.96. The Morgan fingerprint density at radius 3 is 2.71 bits per heavy atom. The summed E-state index contributed by atoms with van der Waals surface area (Å²) in [6, 6.07) is 0. The third kappa shape index (κ3) is 4.13. The molecule has 96 valence electrons. The Morgan fingerprint density at radius 1 is 1.41 bits per heavy atom. The van der Waals surface area contributed by atoms with E-state index in [1.54, 1.807) is 6.20 Å². The average molecular weight is 258 g/mol. The number of aromatic nitrogens is 2. The number of rotatable bonds is 7. The van der Waals surface area contributed by atoms with Crippen LogP contribution in [0.3, 0.4) is 0 Å².